The van der Waals surface area contributed by atoms with Gasteiger partial charge in [0.05, 0.1) is 18.2 Å². The molecule has 2 N–H and O–H groups in total. The summed E-state index contributed by atoms with van der Waals surface area (Å²) < 4.78 is 5.66. The second-order valence-corrected chi connectivity index (χ2v) is 5.26. The highest BCUT2D eigenvalue weighted by atomic mass is 32.1. The first-order valence-corrected chi connectivity index (χ1v) is 6.56. The summed E-state index contributed by atoms with van der Waals surface area (Å²) in [6, 6.07) is 0.508. The van der Waals surface area contributed by atoms with E-state index in [1.807, 2.05) is 18.6 Å². The summed E-state index contributed by atoms with van der Waals surface area (Å²) in [5.74, 6) is 0. The van der Waals surface area contributed by atoms with Crippen LogP contribution in [0.3, 0.4) is 0 Å². The zero-order chi connectivity index (χ0) is 11.5. The first-order chi connectivity index (χ1) is 7.68. The smallest absolute Gasteiger partial charge is 0.0850 e. The predicted octanol–water partition coefficient (Wildman–Crippen LogP) is 1.25. The van der Waals surface area contributed by atoms with E-state index in [-0.39, 0.29) is 12.1 Å². The number of morpholine rings is 1. The first kappa shape index (κ1) is 12.0. The van der Waals surface area contributed by atoms with E-state index >= 15 is 0 Å². The third-order valence-corrected chi connectivity index (χ3v) is 4.07. The molecule has 1 aliphatic rings. The van der Waals surface area contributed by atoms with Crippen molar-refractivity contribution in [1.82, 2.24) is 9.88 Å². The lowest BCUT2D eigenvalue weighted by atomic mass is 10.1. The molecule has 1 aliphatic heterocycles. The number of ether oxygens (including phenoxy) is 1. The van der Waals surface area contributed by atoms with Gasteiger partial charge in [0, 0.05) is 36.2 Å². The predicted molar refractivity (Wildman–Crippen MR) is 65.5 cm³/mol. The largest absolute Gasteiger partial charge is 0.374 e. The van der Waals surface area contributed by atoms with Crippen molar-refractivity contribution >= 4 is 11.3 Å². The maximum absolute atomic E-state index is 5.89. The van der Waals surface area contributed by atoms with E-state index < -0.39 is 0 Å². The van der Waals surface area contributed by atoms with Gasteiger partial charge in [0.1, 0.15) is 0 Å². The molecule has 0 radical (unpaired) electrons. The van der Waals surface area contributed by atoms with Crippen molar-refractivity contribution in [3.05, 3.63) is 16.6 Å². The van der Waals surface area contributed by atoms with E-state index in [9.17, 15) is 0 Å². The number of hydrogen-bond donors (Lipinski definition) is 1. The Kier molecular flexibility index (Phi) is 3.91. The highest BCUT2D eigenvalue weighted by molar-refractivity contribution is 7.09. The van der Waals surface area contributed by atoms with Crippen LogP contribution in [0.4, 0.5) is 0 Å². The molecule has 5 heteroatoms. The Balaban J connectivity index is 1.99. The van der Waals surface area contributed by atoms with Crippen molar-refractivity contribution in [3.8, 4) is 0 Å². The van der Waals surface area contributed by atoms with Crippen molar-refractivity contribution in [2.24, 2.45) is 5.73 Å². The van der Waals surface area contributed by atoms with Crippen molar-refractivity contribution in [3.63, 3.8) is 0 Å². The summed E-state index contributed by atoms with van der Waals surface area (Å²) in [5.41, 5.74) is 7.77. The maximum atomic E-state index is 5.89. The molecule has 16 heavy (non-hydrogen) atoms. The summed E-state index contributed by atoms with van der Waals surface area (Å²) >= 11 is 1.71. The van der Waals surface area contributed by atoms with Crippen LogP contribution in [-0.2, 0) is 4.74 Å². The molecule has 1 aromatic rings. The molecule has 2 heterocycles. The lowest BCUT2D eigenvalue weighted by Crippen LogP contribution is -2.50. The molecule has 0 amide bonds. The quantitative estimate of drug-likeness (QED) is 0.865. The average molecular weight is 241 g/mol. The summed E-state index contributed by atoms with van der Waals surface area (Å²) in [5, 5.41) is 0. The Bertz CT molecular complexity index is 315. The molecule has 0 aliphatic carbocycles. The fourth-order valence-electron chi connectivity index (χ4n) is 1.98. The molecule has 0 spiro atoms. The van der Waals surface area contributed by atoms with Gasteiger partial charge in [-0.1, -0.05) is 0 Å². The van der Waals surface area contributed by atoms with Crippen LogP contribution in [0.1, 0.15) is 24.8 Å². The maximum Gasteiger partial charge on any atom is 0.0850 e. The van der Waals surface area contributed by atoms with E-state index in [1.165, 1.54) is 4.88 Å². The highest BCUT2D eigenvalue weighted by Gasteiger charge is 2.27. The molecule has 3 unspecified atom stereocenters. The molecular formula is C11H19N3OS. The molecule has 90 valence electrons. The van der Waals surface area contributed by atoms with Gasteiger partial charge in [-0.15, -0.1) is 11.3 Å². The molecule has 1 fully saturated rings. The Morgan fingerprint density at radius 1 is 1.62 bits per heavy atom. The van der Waals surface area contributed by atoms with Gasteiger partial charge in [-0.05, 0) is 13.8 Å². The second kappa shape index (κ2) is 5.23. The molecule has 2 rings (SSSR count). The van der Waals surface area contributed by atoms with Gasteiger partial charge < -0.3 is 10.5 Å². The number of thiazole rings is 1. The summed E-state index contributed by atoms with van der Waals surface area (Å²) in [4.78, 5) is 7.86. The average Bonchev–Trinajstić information content (AvgIpc) is 2.81. The molecule has 0 aromatic carbocycles. The van der Waals surface area contributed by atoms with Crippen LogP contribution in [0, 0.1) is 0 Å². The van der Waals surface area contributed by atoms with E-state index in [0.29, 0.717) is 6.04 Å². The normalized spacial score (nSPS) is 26.6. The van der Waals surface area contributed by atoms with Crippen LogP contribution in [0.2, 0.25) is 0 Å². The molecular weight excluding hydrogens is 222 g/mol. The van der Waals surface area contributed by atoms with Gasteiger partial charge in [-0.2, -0.15) is 0 Å². The molecule has 0 bridgehead atoms. The van der Waals surface area contributed by atoms with E-state index in [4.69, 9.17) is 10.5 Å². The van der Waals surface area contributed by atoms with Gasteiger partial charge >= 0.3 is 0 Å². The molecule has 4 nitrogen and oxygen atoms in total. The minimum Gasteiger partial charge on any atom is -0.374 e. The first-order valence-electron chi connectivity index (χ1n) is 5.68. The number of hydrogen-bond acceptors (Lipinski definition) is 5. The third kappa shape index (κ3) is 2.60. The van der Waals surface area contributed by atoms with Crippen LogP contribution in [-0.4, -0.2) is 41.7 Å². The lowest BCUT2D eigenvalue weighted by Gasteiger charge is -2.37. The lowest BCUT2D eigenvalue weighted by molar-refractivity contribution is -0.0494. The van der Waals surface area contributed by atoms with Gasteiger partial charge in [0.2, 0.25) is 0 Å². The number of nitrogens with two attached hydrogens (primary N) is 1. The van der Waals surface area contributed by atoms with Gasteiger partial charge in [-0.3, -0.25) is 9.88 Å². The van der Waals surface area contributed by atoms with Crippen molar-refractivity contribution in [2.45, 2.75) is 32.0 Å². The minimum absolute atomic E-state index is 0.0939. The molecule has 1 aromatic heterocycles. The molecule has 3 atom stereocenters. The fourth-order valence-corrected chi connectivity index (χ4v) is 2.69. The van der Waals surface area contributed by atoms with E-state index in [0.717, 1.165) is 19.7 Å². The van der Waals surface area contributed by atoms with Gasteiger partial charge in [-0.25, -0.2) is 0 Å². The zero-order valence-corrected chi connectivity index (χ0v) is 10.6. The summed E-state index contributed by atoms with van der Waals surface area (Å²) in [6.07, 6.45) is 2.11. The topological polar surface area (TPSA) is 51.4 Å². The van der Waals surface area contributed by atoms with E-state index in [1.54, 1.807) is 11.3 Å². The number of nitrogens with zero attached hydrogens (tertiary/aromatic N) is 2. The highest BCUT2D eigenvalue weighted by Crippen LogP contribution is 2.25. The second-order valence-electron chi connectivity index (χ2n) is 4.34. The van der Waals surface area contributed by atoms with Crippen molar-refractivity contribution in [2.75, 3.05) is 19.7 Å². The SMILES string of the molecule is CC(N)C1CN(C(C)c2cncs2)CCO1. The minimum atomic E-state index is 0.0939. The molecule has 1 saturated heterocycles. The van der Waals surface area contributed by atoms with E-state index in [2.05, 4.69) is 16.8 Å². The standard InChI is InChI=1S/C11H19N3OS/c1-8(12)10-6-14(3-4-15-10)9(2)11-5-13-7-16-11/h5,7-10H,3-4,6,12H2,1-2H3. The number of aromatic nitrogens is 1. The van der Waals surface area contributed by atoms with Crippen LogP contribution in [0.15, 0.2) is 11.7 Å². The summed E-state index contributed by atoms with van der Waals surface area (Å²) in [6.45, 7) is 6.89. The summed E-state index contributed by atoms with van der Waals surface area (Å²) in [7, 11) is 0. The Morgan fingerprint density at radius 3 is 3.06 bits per heavy atom. The Morgan fingerprint density at radius 2 is 2.44 bits per heavy atom. The van der Waals surface area contributed by atoms with Crippen LogP contribution in [0.25, 0.3) is 0 Å². The fraction of sp³-hybridized carbons (Fsp3) is 0.727. The molecule has 0 saturated carbocycles. The van der Waals surface area contributed by atoms with Crippen LogP contribution < -0.4 is 5.73 Å². The Hall–Kier alpha value is -0.490. The van der Waals surface area contributed by atoms with Crippen LogP contribution >= 0.6 is 11.3 Å². The third-order valence-electron chi connectivity index (χ3n) is 3.12. The van der Waals surface area contributed by atoms with Crippen molar-refractivity contribution < 1.29 is 4.74 Å². The van der Waals surface area contributed by atoms with Gasteiger partial charge in [0.25, 0.3) is 0 Å². The van der Waals surface area contributed by atoms with Gasteiger partial charge in [0.15, 0.2) is 0 Å². The van der Waals surface area contributed by atoms with Crippen molar-refractivity contribution in [1.29, 1.82) is 0 Å². The Labute approximate surface area is 100 Å². The number of rotatable bonds is 3. The van der Waals surface area contributed by atoms with Crippen LogP contribution in [0.5, 0.6) is 0 Å². The monoisotopic (exact) mass is 241 g/mol. The zero-order valence-electron chi connectivity index (χ0n) is 9.80.